The lowest BCUT2D eigenvalue weighted by molar-refractivity contribution is -0.0790. The number of carbonyl (C=O) groups is 1. The minimum atomic E-state index is -4.39. The molecule has 2 aromatic rings. The molecule has 0 aliphatic carbocycles. The van der Waals surface area contributed by atoms with Gasteiger partial charge in [-0.1, -0.05) is 18.2 Å². The van der Waals surface area contributed by atoms with Crippen molar-refractivity contribution in [2.45, 2.75) is 11.1 Å². The molecule has 0 spiro atoms. The normalized spacial score (nSPS) is 12.3. The maximum absolute atomic E-state index is 12.1. The van der Waals surface area contributed by atoms with Gasteiger partial charge < -0.3 is 5.32 Å². The van der Waals surface area contributed by atoms with Crippen molar-refractivity contribution in [2.75, 3.05) is 11.6 Å². The highest BCUT2D eigenvalue weighted by atomic mass is 32.2. The molecule has 0 aromatic heterocycles. The molecule has 0 aliphatic rings. The zero-order chi connectivity index (χ0) is 18.7. The minimum Gasteiger partial charge on any atom is -0.322 e. The molecule has 0 atom stereocenters. The summed E-state index contributed by atoms with van der Waals surface area (Å²) >= 11 is 0. The molecule has 0 aliphatic heterocycles. The monoisotopic (exact) mass is 369 g/mol. The second-order valence-electron chi connectivity index (χ2n) is 5.25. The van der Waals surface area contributed by atoms with Crippen molar-refractivity contribution in [3.8, 4) is 0 Å². The first kappa shape index (κ1) is 18.7. The molecule has 2 rings (SSSR count). The van der Waals surface area contributed by atoms with E-state index >= 15 is 0 Å². The van der Waals surface area contributed by atoms with Crippen molar-refractivity contribution in [1.29, 1.82) is 0 Å². The van der Waals surface area contributed by atoms with Gasteiger partial charge in [-0.15, -0.1) is 0 Å². The number of hydrogen-bond acceptors (Lipinski definition) is 3. The Morgan fingerprint density at radius 1 is 1.00 bits per heavy atom. The number of halogens is 3. The average Bonchev–Trinajstić information content (AvgIpc) is 2.52. The zero-order valence-electron chi connectivity index (χ0n) is 13.0. The molecule has 2 aromatic carbocycles. The number of sulfone groups is 1. The molecule has 1 N–H and O–H groups in total. The van der Waals surface area contributed by atoms with E-state index in [4.69, 9.17) is 0 Å². The van der Waals surface area contributed by atoms with Gasteiger partial charge in [-0.3, -0.25) is 4.79 Å². The summed E-state index contributed by atoms with van der Waals surface area (Å²) in [6, 6.07) is 11.2. The lowest BCUT2D eigenvalue weighted by atomic mass is 10.1. The van der Waals surface area contributed by atoms with Gasteiger partial charge in [0, 0.05) is 23.6 Å². The van der Waals surface area contributed by atoms with Crippen LogP contribution in [0.2, 0.25) is 0 Å². The predicted octanol–water partition coefficient (Wildman–Crippen LogP) is 3.92. The number of anilines is 1. The van der Waals surface area contributed by atoms with Gasteiger partial charge in [0.2, 0.25) is 0 Å². The minimum absolute atomic E-state index is 0.116. The SMILES string of the molecule is CS(=O)(=O)c1ccc(NC(=O)c2ccc(/C=C/C(F)(F)F)cc2)cc1. The molecule has 0 fully saturated rings. The van der Waals surface area contributed by atoms with E-state index in [9.17, 15) is 26.4 Å². The van der Waals surface area contributed by atoms with Gasteiger partial charge in [-0.25, -0.2) is 8.42 Å². The van der Waals surface area contributed by atoms with Gasteiger partial charge in [-0.2, -0.15) is 13.2 Å². The van der Waals surface area contributed by atoms with Crippen LogP contribution in [0.5, 0.6) is 0 Å². The van der Waals surface area contributed by atoms with Crippen molar-refractivity contribution in [3.63, 3.8) is 0 Å². The first-order valence-corrected chi connectivity index (χ1v) is 8.91. The third-order valence-corrected chi connectivity index (χ3v) is 4.31. The van der Waals surface area contributed by atoms with Crippen molar-refractivity contribution < 1.29 is 26.4 Å². The van der Waals surface area contributed by atoms with Crippen LogP contribution in [-0.2, 0) is 9.84 Å². The third-order valence-electron chi connectivity index (χ3n) is 3.18. The van der Waals surface area contributed by atoms with Gasteiger partial charge >= 0.3 is 6.18 Å². The van der Waals surface area contributed by atoms with Gasteiger partial charge in [0.15, 0.2) is 9.84 Å². The predicted molar refractivity (Wildman–Crippen MR) is 89.0 cm³/mol. The summed E-state index contributed by atoms with van der Waals surface area (Å²) in [5.74, 6) is -0.460. The Hall–Kier alpha value is -2.61. The number of benzene rings is 2. The van der Waals surface area contributed by atoms with E-state index in [1.165, 1.54) is 48.5 Å². The highest BCUT2D eigenvalue weighted by Gasteiger charge is 2.21. The standard InChI is InChI=1S/C17H14F3NO3S/c1-25(23,24)15-8-6-14(7-9-15)21-16(22)13-4-2-12(3-5-13)10-11-17(18,19)20/h2-11H,1H3,(H,21,22)/b11-10+. The molecule has 0 radical (unpaired) electrons. The van der Waals surface area contributed by atoms with E-state index in [1.54, 1.807) is 0 Å². The van der Waals surface area contributed by atoms with Crippen LogP contribution in [0.4, 0.5) is 18.9 Å². The Kier molecular flexibility index (Phi) is 5.32. The van der Waals surface area contributed by atoms with Crippen LogP contribution in [0.25, 0.3) is 6.08 Å². The second kappa shape index (κ2) is 7.10. The molecule has 1 amide bonds. The number of hydrogen-bond donors (Lipinski definition) is 1. The van der Waals surface area contributed by atoms with Crippen LogP contribution >= 0.6 is 0 Å². The number of nitrogens with one attached hydrogen (secondary N) is 1. The largest absolute Gasteiger partial charge is 0.409 e. The van der Waals surface area contributed by atoms with E-state index in [1.807, 2.05) is 0 Å². The first-order valence-electron chi connectivity index (χ1n) is 7.02. The quantitative estimate of drug-likeness (QED) is 0.889. The average molecular weight is 369 g/mol. The summed E-state index contributed by atoms with van der Waals surface area (Å²) in [5, 5.41) is 2.58. The molecule has 8 heteroatoms. The number of carbonyl (C=O) groups excluding carboxylic acids is 1. The van der Waals surface area contributed by atoms with Gasteiger partial charge in [0.05, 0.1) is 4.90 Å². The van der Waals surface area contributed by atoms with Crippen molar-refractivity contribution in [1.82, 2.24) is 0 Å². The summed E-state index contributed by atoms with van der Waals surface area (Å²) < 4.78 is 59.1. The smallest absolute Gasteiger partial charge is 0.322 e. The summed E-state index contributed by atoms with van der Waals surface area (Å²) in [5.41, 5.74) is 0.973. The van der Waals surface area contributed by atoms with Crippen LogP contribution in [0.15, 0.2) is 59.5 Å². The van der Waals surface area contributed by atoms with E-state index in [2.05, 4.69) is 5.32 Å². The Balaban J connectivity index is 2.07. The molecule has 4 nitrogen and oxygen atoms in total. The van der Waals surface area contributed by atoms with Gasteiger partial charge in [0.1, 0.15) is 0 Å². The second-order valence-corrected chi connectivity index (χ2v) is 7.26. The molecular weight excluding hydrogens is 355 g/mol. The molecule has 0 saturated heterocycles. The fourth-order valence-electron chi connectivity index (χ4n) is 1.93. The maximum Gasteiger partial charge on any atom is 0.409 e. The van der Waals surface area contributed by atoms with Crippen LogP contribution in [0.1, 0.15) is 15.9 Å². The molecular formula is C17H14F3NO3S. The van der Waals surface area contributed by atoms with E-state index in [0.29, 0.717) is 11.3 Å². The Morgan fingerprint density at radius 2 is 1.56 bits per heavy atom. The number of amides is 1. The van der Waals surface area contributed by atoms with Crippen molar-refractivity contribution in [2.24, 2.45) is 0 Å². The molecule has 132 valence electrons. The Labute approximate surface area is 142 Å². The zero-order valence-corrected chi connectivity index (χ0v) is 13.9. The fourth-order valence-corrected chi connectivity index (χ4v) is 2.56. The maximum atomic E-state index is 12.1. The Bertz CT molecular complexity index is 884. The first-order chi connectivity index (χ1) is 11.5. The lowest BCUT2D eigenvalue weighted by Crippen LogP contribution is -2.11. The number of rotatable bonds is 4. The molecule has 0 heterocycles. The molecule has 0 saturated carbocycles. The third kappa shape index (κ3) is 5.75. The van der Waals surface area contributed by atoms with Gasteiger partial charge in [0.25, 0.3) is 5.91 Å². The van der Waals surface area contributed by atoms with Crippen molar-refractivity contribution >= 4 is 27.5 Å². The van der Waals surface area contributed by atoms with Crippen molar-refractivity contribution in [3.05, 3.63) is 65.7 Å². The summed E-state index contributed by atoms with van der Waals surface area (Å²) in [4.78, 5) is 12.2. The summed E-state index contributed by atoms with van der Waals surface area (Å²) in [6.07, 6.45) is -2.29. The highest BCUT2D eigenvalue weighted by molar-refractivity contribution is 7.90. The Morgan fingerprint density at radius 3 is 2.04 bits per heavy atom. The summed E-state index contributed by atoms with van der Waals surface area (Å²) in [7, 11) is -3.32. The summed E-state index contributed by atoms with van der Waals surface area (Å²) in [6.45, 7) is 0. The van der Waals surface area contributed by atoms with Crippen LogP contribution in [-0.4, -0.2) is 26.8 Å². The van der Waals surface area contributed by atoms with Gasteiger partial charge in [-0.05, 0) is 42.0 Å². The number of alkyl halides is 3. The highest BCUT2D eigenvalue weighted by Crippen LogP contribution is 2.19. The van der Waals surface area contributed by atoms with E-state index < -0.39 is 21.9 Å². The van der Waals surface area contributed by atoms with Crippen LogP contribution in [0, 0.1) is 0 Å². The van der Waals surface area contributed by atoms with Crippen LogP contribution in [0.3, 0.4) is 0 Å². The molecule has 25 heavy (non-hydrogen) atoms. The van der Waals surface area contributed by atoms with Crippen LogP contribution < -0.4 is 5.32 Å². The lowest BCUT2D eigenvalue weighted by Gasteiger charge is -2.06. The topological polar surface area (TPSA) is 63.2 Å². The number of allylic oxidation sites excluding steroid dienone is 1. The molecule has 0 unspecified atom stereocenters. The van der Waals surface area contributed by atoms with E-state index in [-0.39, 0.29) is 16.5 Å². The fraction of sp³-hybridized carbons (Fsp3) is 0.118. The van der Waals surface area contributed by atoms with E-state index in [0.717, 1.165) is 12.3 Å². The molecule has 0 bridgehead atoms.